The third-order valence-electron chi connectivity index (χ3n) is 11.0. The first-order valence-electron chi connectivity index (χ1n) is 18.6. The third kappa shape index (κ3) is 5.48. The highest BCUT2D eigenvalue weighted by Crippen LogP contribution is 2.43. The summed E-state index contributed by atoms with van der Waals surface area (Å²) >= 11 is 1.88. The van der Waals surface area contributed by atoms with Crippen molar-refractivity contribution in [1.29, 1.82) is 0 Å². The first-order chi connectivity index (χ1) is 27.2. The molecule has 0 N–H and O–H groups in total. The van der Waals surface area contributed by atoms with Gasteiger partial charge in [-0.05, 0) is 108 Å². The summed E-state index contributed by atoms with van der Waals surface area (Å²) in [6.45, 7) is 0. The predicted molar refractivity (Wildman–Crippen MR) is 235 cm³/mol. The molecule has 3 aromatic heterocycles. The number of fused-ring (bicyclic) bond motifs is 9. The fourth-order valence-corrected chi connectivity index (χ4v) is 9.30. The molecule has 11 rings (SSSR count). The van der Waals surface area contributed by atoms with E-state index in [1.807, 2.05) is 23.6 Å². The highest BCUT2D eigenvalue weighted by atomic mass is 32.1. The fraction of sp³-hybridized carbons (Fsp3) is 0. The minimum atomic E-state index is 0.944. The first kappa shape index (κ1) is 31.6. The molecule has 0 saturated carbocycles. The summed E-state index contributed by atoms with van der Waals surface area (Å²) in [6.07, 6.45) is 3.70. The molecule has 3 heterocycles. The molecule has 0 aliphatic rings. The number of hydrogen-bond acceptors (Lipinski definition) is 3. The number of benzene rings is 8. The van der Waals surface area contributed by atoms with Gasteiger partial charge in [-0.15, -0.1) is 11.3 Å². The van der Waals surface area contributed by atoms with E-state index in [2.05, 4.69) is 181 Å². The average Bonchev–Trinajstić information content (AvgIpc) is 3.64. The Balaban J connectivity index is 0.999. The Hall–Kier alpha value is -6.94. The van der Waals surface area contributed by atoms with Crippen LogP contribution in [0, 0.1) is 0 Å². The minimum absolute atomic E-state index is 0.944. The van der Waals surface area contributed by atoms with Gasteiger partial charge in [0, 0.05) is 43.7 Å². The Labute approximate surface area is 322 Å². The topological polar surface area (TPSA) is 25.8 Å². The zero-order chi connectivity index (χ0) is 36.3. The molecule has 11 aromatic rings. The molecule has 0 fully saturated rings. The van der Waals surface area contributed by atoms with E-state index in [1.165, 1.54) is 69.2 Å². The number of aromatic nitrogens is 2. The summed E-state index contributed by atoms with van der Waals surface area (Å²) in [6, 6.07) is 66.0. The van der Waals surface area contributed by atoms with E-state index < -0.39 is 0 Å². The summed E-state index contributed by atoms with van der Waals surface area (Å²) in [5.41, 5.74) is 11.0. The van der Waals surface area contributed by atoms with Gasteiger partial charge in [-0.3, -0.25) is 4.98 Å². The van der Waals surface area contributed by atoms with E-state index in [-0.39, 0.29) is 0 Å². The van der Waals surface area contributed by atoms with Crippen LogP contribution in [0.1, 0.15) is 0 Å². The summed E-state index contributed by atoms with van der Waals surface area (Å²) in [4.78, 5) is 9.53. The molecule has 0 saturated heterocycles. The quantitative estimate of drug-likeness (QED) is 0.166. The lowest BCUT2D eigenvalue weighted by molar-refractivity contribution is 1.32. The predicted octanol–water partition coefficient (Wildman–Crippen LogP) is 14.6. The average molecular weight is 717 g/mol. The maximum Gasteiger partial charge on any atom is 0.0715 e. The Morgan fingerprint density at radius 1 is 0.291 bits per heavy atom. The van der Waals surface area contributed by atoms with E-state index in [1.54, 1.807) is 6.20 Å². The van der Waals surface area contributed by atoms with E-state index in [9.17, 15) is 0 Å². The highest BCUT2D eigenvalue weighted by molar-refractivity contribution is 7.25. The summed E-state index contributed by atoms with van der Waals surface area (Å²) in [7, 11) is 0. The monoisotopic (exact) mass is 716 g/mol. The lowest BCUT2D eigenvalue weighted by atomic mass is 9.91. The van der Waals surface area contributed by atoms with Crippen molar-refractivity contribution in [2.24, 2.45) is 0 Å². The molecule has 0 unspecified atom stereocenters. The van der Waals surface area contributed by atoms with Gasteiger partial charge in [-0.1, -0.05) is 140 Å². The maximum absolute atomic E-state index is 5.23. The van der Waals surface area contributed by atoms with Crippen molar-refractivity contribution in [1.82, 2.24) is 9.97 Å². The van der Waals surface area contributed by atoms with Crippen molar-refractivity contribution in [3.8, 4) is 55.9 Å². The van der Waals surface area contributed by atoms with Crippen molar-refractivity contribution >= 4 is 63.8 Å². The second-order valence-electron chi connectivity index (χ2n) is 14.2. The SMILES string of the molecule is c1ccc(-c2cc(-c3ccc(-c4cccnc4)cc3)nc(-c3ccc(-c4ccc5c(c4)c4ccccc4c4cc6c(cc54)sc4ccccc46)cc3)c2)cc1. The molecule has 0 radical (unpaired) electrons. The molecule has 3 heteroatoms. The summed E-state index contributed by atoms with van der Waals surface area (Å²) in [5, 5.41) is 10.4. The van der Waals surface area contributed by atoms with Gasteiger partial charge in [0.25, 0.3) is 0 Å². The molecule has 0 atom stereocenters. The van der Waals surface area contributed by atoms with Crippen LogP contribution in [0.2, 0.25) is 0 Å². The van der Waals surface area contributed by atoms with Gasteiger partial charge in [0.05, 0.1) is 11.4 Å². The number of thiophene rings is 1. The highest BCUT2D eigenvalue weighted by Gasteiger charge is 2.15. The van der Waals surface area contributed by atoms with Crippen LogP contribution in [0.25, 0.3) is 108 Å². The van der Waals surface area contributed by atoms with Gasteiger partial charge in [0.15, 0.2) is 0 Å². The number of pyridine rings is 2. The van der Waals surface area contributed by atoms with Gasteiger partial charge in [0.1, 0.15) is 0 Å². The molecular formula is C52H32N2S. The second-order valence-corrected chi connectivity index (χ2v) is 15.3. The molecule has 2 nitrogen and oxygen atoms in total. The molecule has 0 spiro atoms. The lowest BCUT2D eigenvalue weighted by Gasteiger charge is -2.13. The van der Waals surface area contributed by atoms with E-state index in [0.717, 1.165) is 39.2 Å². The molecule has 0 aliphatic heterocycles. The lowest BCUT2D eigenvalue weighted by Crippen LogP contribution is -1.92. The van der Waals surface area contributed by atoms with Crippen LogP contribution in [0.4, 0.5) is 0 Å². The van der Waals surface area contributed by atoms with Crippen LogP contribution in [0.15, 0.2) is 194 Å². The van der Waals surface area contributed by atoms with Crippen molar-refractivity contribution in [3.63, 3.8) is 0 Å². The molecule has 0 aliphatic carbocycles. The molecule has 0 bridgehead atoms. The van der Waals surface area contributed by atoms with E-state index in [4.69, 9.17) is 4.98 Å². The standard InChI is InChI=1S/C52H32N2S/c1-2-9-33(10-3-1)40-28-49(54-50(29-40)37-22-18-35(19-23-37)39-11-8-26-53-32-39)36-20-16-34(17-21-36)38-24-25-43-45(27-38)41-12-4-5-13-42(41)46-30-48-44-14-6-7-15-51(44)55-52(48)31-47(43)46/h1-32H. The van der Waals surface area contributed by atoms with Crippen molar-refractivity contribution < 1.29 is 0 Å². The first-order valence-corrected chi connectivity index (χ1v) is 19.4. The largest absolute Gasteiger partial charge is 0.264 e. The minimum Gasteiger partial charge on any atom is -0.264 e. The van der Waals surface area contributed by atoms with Crippen molar-refractivity contribution in [2.75, 3.05) is 0 Å². The van der Waals surface area contributed by atoms with Crippen molar-refractivity contribution in [3.05, 3.63) is 194 Å². The zero-order valence-electron chi connectivity index (χ0n) is 29.8. The van der Waals surface area contributed by atoms with Crippen LogP contribution in [-0.2, 0) is 0 Å². The van der Waals surface area contributed by atoms with Crippen LogP contribution in [0.3, 0.4) is 0 Å². The Kier molecular flexibility index (Phi) is 7.39. The van der Waals surface area contributed by atoms with Crippen LogP contribution in [0.5, 0.6) is 0 Å². The van der Waals surface area contributed by atoms with Crippen LogP contribution < -0.4 is 0 Å². The second kappa shape index (κ2) is 12.9. The third-order valence-corrected chi connectivity index (χ3v) is 12.1. The fourth-order valence-electron chi connectivity index (χ4n) is 8.18. The summed E-state index contributed by atoms with van der Waals surface area (Å²) in [5.74, 6) is 0. The van der Waals surface area contributed by atoms with Gasteiger partial charge in [0.2, 0.25) is 0 Å². The molecule has 0 amide bonds. The Morgan fingerprint density at radius 2 is 0.818 bits per heavy atom. The smallest absolute Gasteiger partial charge is 0.0715 e. The summed E-state index contributed by atoms with van der Waals surface area (Å²) < 4.78 is 2.67. The molecular weight excluding hydrogens is 685 g/mol. The van der Waals surface area contributed by atoms with Crippen LogP contribution in [-0.4, -0.2) is 9.97 Å². The maximum atomic E-state index is 5.23. The molecule has 55 heavy (non-hydrogen) atoms. The normalized spacial score (nSPS) is 11.6. The number of nitrogens with zero attached hydrogens (tertiary/aromatic N) is 2. The molecule has 256 valence electrons. The number of hydrogen-bond donors (Lipinski definition) is 0. The van der Waals surface area contributed by atoms with Crippen LogP contribution >= 0.6 is 11.3 Å². The van der Waals surface area contributed by atoms with Gasteiger partial charge in [-0.2, -0.15) is 0 Å². The number of rotatable bonds is 5. The van der Waals surface area contributed by atoms with Crippen molar-refractivity contribution in [2.45, 2.75) is 0 Å². The van der Waals surface area contributed by atoms with Gasteiger partial charge in [-0.25, -0.2) is 4.98 Å². The van der Waals surface area contributed by atoms with Gasteiger partial charge < -0.3 is 0 Å². The van der Waals surface area contributed by atoms with E-state index in [0.29, 0.717) is 0 Å². The zero-order valence-corrected chi connectivity index (χ0v) is 30.6. The Morgan fingerprint density at radius 3 is 1.51 bits per heavy atom. The van der Waals surface area contributed by atoms with E-state index >= 15 is 0 Å². The Bertz CT molecular complexity index is 3220. The van der Waals surface area contributed by atoms with Gasteiger partial charge >= 0.3 is 0 Å². The molecule has 8 aromatic carbocycles.